The van der Waals surface area contributed by atoms with Crippen LogP contribution in [0, 0.1) is 0 Å². The lowest BCUT2D eigenvalue weighted by molar-refractivity contribution is 0.370. The lowest BCUT2D eigenvalue weighted by atomic mass is 10.2. The second kappa shape index (κ2) is 8.48. The molecule has 0 aliphatic rings. The monoisotopic (exact) mass is 313 g/mol. The third-order valence-corrected chi connectivity index (χ3v) is 5.12. The highest BCUT2D eigenvalue weighted by Gasteiger charge is 2.20. The molecule has 0 fully saturated rings. The predicted octanol–water partition coefficient (Wildman–Crippen LogP) is 1.37. The van der Waals surface area contributed by atoms with Crippen molar-refractivity contribution in [2.24, 2.45) is 0 Å². The van der Waals surface area contributed by atoms with E-state index in [-0.39, 0.29) is 0 Å². The maximum atomic E-state index is 12.5. The van der Waals surface area contributed by atoms with Gasteiger partial charge < -0.3 is 10.2 Å². The van der Waals surface area contributed by atoms with Crippen molar-refractivity contribution in [3.8, 4) is 0 Å². The Hall–Kier alpha value is -0.950. The first-order chi connectivity index (χ1) is 9.87. The van der Waals surface area contributed by atoms with Crippen molar-refractivity contribution in [2.75, 3.05) is 40.8 Å². The number of nitrogens with one attached hydrogen (secondary N) is 1. The van der Waals surface area contributed by atoms with E-state index in [0.717, 1.165) is 25.1 Å². The molecule has 21 heavy (non-hydrogen) atoms. The molecule has 1 N–H and O–H groups in total. The van der Waals surface area contributed by atoms with Gasteiger partial charge in [-0.3, -0.25) is 0 Å². The lowest BCUT2D eigenvalue weighted by Crippen LogP contribution is -2.30. The molecule has 1 aromatic carbocycles. The number of hydrogen-bond donors (Lipinski definition) is 1. The Morgan fingerprint density at radius 2 is 1.86 bits per heavy atom. The summed E-state index contributed by atoms with van der Waals surface area (Å²) >= 11 is 0. The van der Waals surface area contributed by atoms with Crippen LogP contribution in [0.5, 0.6) is 0 Å². The van der Waals surface area contributed by atoms with Crippen LogP contribution in [0.4, 0.5) is 0 Å². The molecule has 0 bridgehead atoms. The van der Waals surface area contributed by atoms with Crippen LogP contribution in [0.3, 0.4) is 0 Å². The van der Waals surface area contributed by atoms with E-state index in [1.165, 1.54) is 4.31 Å². The molecule has 0 radical (unpaired) electrons. The van der Waals surface area contributed by atoms with E-state index in [0.29, 0.717) is 18.0 Å². The van der Waals surface area contributed by atoms with E-state index in [1.54, 1.807) is 25.2 Å². The average Bonchev–Trinajstić information content (AvgIpc) is 2.44. The molecule has 0 aromatic heterocycles. The van der Waals surface area contributed by atoms with E-state index in [2.05, 4.69) is 10.2 Å². The van der Waals surface area contributed by atoms with Crippen LogP contribution in [-0.2, 0) is 16.6 Å². The summed E-state index contributed by atoms with van der Waals surface area (Å²) in [7, 11) is 2.21. The first kappa shape index (κ1) is 18.1. The normalized spacial score (nSPS) is 12.3. The summed E-state index contributed by atoms with van der Waals surface area (Å²) in [4.78, 5) is 2.42. The third-order valence-electron chi connectivity index (χ3n) is 3.26. The number of nitrogens with zero attached hydrogens (tertiary/aromatic N) is 2. The van der Waals surface area contributed by atoms with Crippen molar-refractivity contribution in [1.29, 1.82) is 0 Å². The summed E-state index contributed by atoms with van der Waals surface area (Å²) in [5.74, 6) is 0. The largest absolute Gasteiger partial charge is 0.313 e. The summed E-state index contributed by atoms with van der Waals surface area (Å²) in [5, 5.41) is 3.21. The van der Waals surface area contributed by atoms with E-state index in [1.807, 2.05) is 27.1 Å². The molecule has 6 heteroatoms. The zero-order chi connectivity index (χ0) is 15.9. The Bertz CT molecular complexity index is 529. The van der Waals surface area contributed by atoms with Crippen molar-refractivity contribution in [3.63, 3.8) is 0 Å². The molecule has 0 unspecified atom stereocenters. The molecule has 0 atom stereocenters. The predicted molar refractivity (Wildman–Crippen MR) is 86.8 cm³/mol. The average molecular weight is 313 g/mol. The molecule has 1 rings (SSSR count). The van der Waals surface area contributed by atoms with E-state index >= 15 is 0 Å². The summed E-state index contributed by atoms with van der Waals surface area (Å²) in [6.07, 6.45) is 0.819. The highest BCUT2D eigenvalue weighted by molar-refractivity contribution is 7.89. The smallest absolute Gasteiger partial charge is 0.242 e. The van der Waals surface area contributed by atoms with Crippen molar-refractivity contribution < 1.29 is 8.42 Å². The highest BCUT2D eigenvalue weighted by Crippen LogP contribution is 2.16. The Morgan fingerprint density at radius 1 is 1.14 bits per heavy atom. The van der Waals surface area contributed by atoms with Gasteiger partial charge in [0, 0.05) is 20.1 Å². The van der Waals surface area contributed by atoms with Gasteiger partial charge in [0.05, 0.1) is 4.90 Å². The maximum Gasteiger partial charge on any atom is 0.242 e. The SMILES string of the molecule is CCNCc1cccc(S(=O)(=O)N(C)CCCN(C)C)c1. The van der Waals surface area contributed by atoms with Gasteiger partial charge in [-0.2, -0.15) is 0 Å². The second-order valence-electron chi connectivity index (χ2n) is 5.41. The van der Waals surface area contributed by atoms with Gasteiger partial charge in [0.25, 0.3) is 0 Å². The number of hydrogen-bond acceptors (Lipinski definition) is 4. The van der Waals surface area contributed by atoms with Crippen molar-refractivity contribution in [2.45, 2.75) is 24.8 Å². The highest BCUT2D eigenvalue weighted by atomic mass is 32.2. The van der Waals surface area contributed by atoms with Crippen LogP contribution in [0.15, 0.2) is 29.2 Å². The molecule has 0 aliphatic carbocycles. The summed E-state index contributed by atoms with van der Waals surface area (Å²) in [5.41, 5.74) is 0.986. The van der Waals surface area contributed by atoms with Gasteiger partial charge >= 0.3 is 0 Å². The molecule has 0 spiro atoms. The minimum Gasteiger partial charge on any atom is -0.313 e. The van der Waals surface area contributed by atoms with Crippen LogP contribution in [0.2, 0.25) is 0 Å². The fourth-order valence-electron chi connectivity index (χ4n) is 1.99. The van der Waals surface area contributed by atoms with Crippen LogP contribution < -0.4 is 5.32 Å². The number of sulfonamides is 1. The number of rotatable bonds is 9. The molecule has 0 amide bonds. The molecule has 120 valence electrons. The molecular formula is C15H27N3O2S. The molecular weight excluding hydrogens is 286 g/mol. The maximum absolute atomic E-state index is 12.5. The standard InChI is InChI=1S/C15H27N3O2S/c1-5-16-13-14-8-6-9-15(12-14)21(19,20)18(4)11-7-10-17(2)3/h6,8-9,12,16H,5,7,10-11,13H2,1-4H3. The van der Waals surface area contributed by atoms with E-state index in [4.69, 9.17) is 0 Å². The van der Waals surface area contributed by atoms with Crippen molar-refractivity contribution in [3.05, 3.63) is 29.8 Å². The van der Waals surface area contributed by atoms with Crippen LogP contribution in [0.1, 0.15) is 18.9 Å². The third kappa shape index (κ3) is 5.74. The Balaban J connectivity index is 2.76. The Morgan fingerprint density at radius 3 is 2.48 bits per heavy atom. The van der Waals surface area contributed by atoms with Gasteiger partial charge in [-0.1, -0.05) is 19.1 Å². The van der Waals surface area contributed by atoms with Crippen LogP contribution in [-0.4, -0.2) is 58.4 Å². The minimum atomic E-state index is -3.40. The molecule has 1 aromatic rings. The van der Waals surface area contributed by atoms with Crippen LogP contribution in [0.25, 0.3) is 0 Å². The van der Waals surface area contributed by atoms with Gasteiger partial charge in [-0.15, -0.1) is 0 Å². The minimum absolute atomic E-state index is 0.366. The van der Waals surface area contributed by atoms with E-state index < -0.39 is 10.0 Å². The van der Waals surface area contributed by atoms with Gasteiger partial charge in [-0.05, 0) is 51.3 Å². The molecule has 0 heterocycles. The summed E-state index contributed by atoms with van der Waals surface area (Å²) in [6, 6.07) is 7.15. The lowest BCUT2D eigenvalue weighted by Gasteiger charge is -2.19. The fraction of sp³-hybridized carbons (Fsp3) is 0.600. The molecule has 5 nitrogen and oxygen atoms in total. The summed E-state index contributed by atoms with van der Waals surface area (Å²) < 4.78 is 26.5. The quantitative estimate of drug-likeness (QED) is 0.748. The topological polar surface area (TPSA) is 52.7 Å². The zero-order valence-electron chi connectivity index (χ0n) is 13.5. The van der Waals surface area contributed by atoms with Gasteiger partial charge in [0.1, 0.15) is 0 Å². The van der Waals surface area contributed by atoms with Gasteiger partial charge in [0.15, 0.2) is 0 Å². The first-order valence-corrected chi connectivity index (χ1v) is 8.72. The van der Waals surface area contributed by atoms with Crippen molar-refractivity contribution >= 4 is 10.0 Å². The zero-order valence-corrected chi connectivity index (χ0v) is 14.3. The Labute approximate surface area is 129 Å². The van der Waals surface area contributed by atoms with Crippen LogP contribution >= 0.6 is 0 Å². The summed E-state index contributed by atoms with van der Waals surface area (Å²) in [6.45, 7) is 4.98. The fourth-order valence-corrected chi connectivity index (χ4v) is 3.28. The van der Waals surface area contributed by atoms with Gasteiger partial charge in [0.2, 0.25) is 10.0 Å². The molecule has 0 saturated carbocycles. The molecule has 0 aliphatic heterocycles. The number of benzene rings is 1. The van der Waals surface area contributed by atoms with Gasteiger partial charge in [-0.25, -0.2) is 12.7 Å². The molecule has 0 saturated heterocycles. The second-order valence-corrected chi connectivity index (χ2v) is 7.46. The first-order valence-electron chi connectivity index (χ1n) is 7.28. The Kier molecular flexibility index (Phi) is 7.31. The van der Waals surface area contributed by atoms with Crippen molar-refractivity contribution in [1.82, 2.24) is 14.5 Å². The van der Waals surface area contributed by atoms with E-state index in [9.17, 15) is 8.42 Å².